The Morgan fingerprint density at radius 3 is 2.70 bits per heavy atom. The summed E-state index contributed by atoms with van der Waals surface area (Å²) >= 11 is 0. The molecule has 3 fully saturated rings. The number of hydrogen-bond acceptors (Lipinski definition) is 4. The molecule has 4 atom stereocenters. The van der Waals surface area contributed by atoms with Crippen molar-refractivity contribution in [1.29, 1.82) is 5.26 Å². The summed E-state index contributed by atoms with van der Waals surface area (Å²) in [5, 5.41) is 18.3. The third kappa shape index (κ3) is 2.69. The van der Waals surface area contributed by atoms with Crippen LogP contribution in [0.3, 0.4) is 0 Å². The van der Waals surface area contributed by atoms with Crippen LogP contribution in [0, 0.1) is 29.1 Å². The monoisotopic (exact) mass is 443 g/mol. The number of carboxylic acid groups (broad SMARTS) is 1. The Hall–Kier alpha value is -2.48. The van der Waals surface area contributed by atoms with E-state index in [0.717, 1.165) is 21.7 Å². The Morgan fingerprint density at radius 1 is 1.40 bits per heavy atom. The molecule has 1 heterocycles. The minimum atomic E-state index is -4.80. The van der Waals surface area contributed by atoms with Crippen LogP contribution in [0.5, 0.6) is 0 Å². The lowest BCUT2D eigenvalue weighted by Gasteiger charge is -2.39. The van der Waals surface area contributed by atoms with Gasteiger partial charge < -0.3 is 10.0 Å². The second kappa shape index (κ2) is 6.51. The molecule has 162 valence electrons. The number of nitriles is 1. The molecule has 1 aliphatic heterocycles. The minimum absolute atomic E-state index is 0.0140. The fourth-order valence-corrected chi connectivity index (χ4v) is 8.54. The number of benzene rings is 1. The Kier molecular flexibility index (Phi) is 4.51. The molecule has 1 amide bonds. The van der Waals surface area contributed by atoms with E-state index in [9.17, 15) is 31.5 Å². The first-order valence-electron chi connectivity index (χ1n) is 9.51. The molecule has 1 saturated heterocycles. The summed E-state index contributed by atoms with van der Waals surface area (Å²) in [7, 11) is -2.84. The minimum Gasteiger partial charge on any atom is -0.465 e. The van der Waals surface area contributed by atoms with Gasteiger partial charge in [0.25, 0.3) is 0 Å². The van der Waals surface area contributed by atoms with E-state index < -0.39 is 38.2 Å². The zero-order valence-electron chi connectivity index (χ0n) is 16.1. The Balaban J connectivity index is 1.82. The number of halogens is 3. The molecule has 1 aromatic carbocycles. The number of rotatable bonds is 3. The number of anilines is 1. The molecule has 0 aromatic heterocycles. The molecule has 2 bridgehead atoms. The smallest absolute Gasteiger partial charge is 0.417 e. The highest BCUT2D eigenvalue weighted by Crippen LogP contribution is 2.62. The van der Waals surface area contributed by atoms with E-state index >= 15 is 0 Å². The van der Waals surface area contributed by atoms with Gasteiger partial charge in [-0.25, -0.2) is 13.2 Å². The average molecular weight is 443 g/mol. The summed E-state index contributed by atoms with van der Waals surface area (Å²) < 4.78 is 67.3. The van der Waals surface area contributed by atoms with E-state index in [1.165, 1.54) is 19.2 Å². The van der Waals surface area contributed by atoms with E-state index in [4.69, 9.17) is 5.26 Å². The lowest BCUT2D eigenvalue weighted by Crippen LogP contribution is -2.55. The molecule has 3 aliphatic rings. The highest BCUT2D eigenvalue weighted by molar-refractivity contribution is 7.94. The van der Waals surface area contributed by atoms with Crippen LogP contribution in [0.4, 0.5) is 23.7 Å². The fraction of sp³-hybridized carbons (Fsp3) is 0.579. The van der Waals surface area contributed by atoms with Gasteiger partial charge in [-0.3, -0.25) is 4.31 Å². The second-order valence-corrected chi connectivity index (χ2v) is 10.5. The zero-order valence-corrected chi connectivity index (χ0v) is 16.9. The number of nitrogens with zero attached hydrogens (tertiary/aromatic N) is 3. The van der Waals surface area contributed by atoms with Gasteiger partial charge in [-0.1, -0.05) is 0 Å². The van der Waals surface area contributed by atoms with Crippen LogP contribution in [0.25, 0.3) is 0 Å². The van der Waals surface area contributed by atoms with Gasteiger partial charge in [0.05, 0.1) is 22.9 Å². The van der Waals surface area contributed by atoms with Crippen LogP contribution < -0.4 is 4.31 Å². The van der Waals surface area contributed by atoms with Crippen molar-refractivity contribution in [2.45, 2.75) is 30.2 Å². The highest BCUT2D eigenvalue weighted by Gasteiger charge is 2.71. The van der Waals surface area contributed by atoms with Crippen molar-refractivity contribution in [1.82, 2.24) is 4.90 Å². The SMILES string of the molecule is CN(C[C@@]12[C@@H]3CC[C@@H](C3)[C@@H]1CN(c1ccc(C#N)c(C(F)(F)F)c1)S2(=O)=O)C(=O)O. The van der Waals surface area contributed by atoms with Crippen LogP contribution in [-0.2, 0) is 16.2 Å². The molecule has 11 heteroatoms. The van der Waals surface area contributed by atoms with Gasteiger partial charge in [-0.05, 0) is 49.3 Å². The number of sulfonamides is 1. The molecule has 2 aliphatic carbocycles. The number of alkyl halides is 3. The average Bonchev–Trinajstić information content (AvgIpc) is 3.31. The van der Waals surface area contributed by atoms with Crippen LogP contribution in [0.15, 0.2) is 18.2 Å². The summed E-state index contributed by atoms with van der Waals surface area (Å²) in [6, 6.07) is 4.38. The molecule has 30 heavy (non-hydrogen) atoms. The van der Waals surface area contributed by atoms with Crippen molar-refractivity contribution in [3.8, 4) is 6.07 Å². The topological polar surface area (TPSA) is 102 Å². The van der Waals surface area contributed by atoms with Gasteiger partial charge in [0.1, 0.15) is 4.75 Å². The first-order chi connectivity index (χ1) is 13.9. The summed E-state index contributed by atoms with van der Waals surface area (Å²) in [6.45, 7) is -0.199. The number of hydrogen-bond donors (Lipinski definition) is 1. The van der Waals surface area contributed by atoms with E-state index in [0.29, 0.717) is 18.9 Å². The zero-order chi connectivity index (χ0) is 22.1. The van der Waals surface area contributed by atoms with E-state index in [1.54, 1.807) is 0 Å². The summed E-state index contributed by atoms with van der Waals surface area (Å²) in [4.78, 5) is 12.4. The van der Waals surface area contributed by atoms with Gasteiger partial charge in [0.2, 0.25) is 10.0 Å². The maximum Gasteiger partial charge on any atom is 0.417 e. The van der Waals surface area contributed by atoms with Gasteiger partial charge >= 0.3 is 12.3 Å². The number of fused-ring (bicyclic) bond motifs is 5. The third-order valence-electron chi connectivity index (χ3n) is 7.02. The molecular formula is C19H20F3N3O4S. The fourth-order valence-electron chi connectivity index (χ4n) is 5.74. The van der Waals surface area contributed by atoms with Crippen LogP contribution in [0.1, 0.15) is 30.4 Å². The standard InChI is InChI=1S/C19H20F3N3O4S/c1-24(17(26)27)10-18-13-4-2-11(6-13)16(18)9-25(30(18,28)29)14-5-3-12(8-23)15(7-14)19(20,21)22/h3,5,7,11,13,16H,2,4,6,9-10H2,1H3,(H,26,27)/t11-,13+,16-,18+/m0/s1. The lowest BCUT2D eigenvalue weighted by atomic mass is 9.78. The van der Waals surface area contributed by atoms with Crippen LogP contribution >= 0.6 is 0 Å². The van der Waals surface area contributed by atoms with E-state index in [2.05, 4.69) is 0 Å². The van der Waals surface area contributed by atoms with Crippen molar-refractivity contribution in [2.75, 3.05) is 24.4 Å². The molecule has 0 radical (unpaired) electrons. The number of carbonyl (C=O) groups is 1. The maximum atomic E-state index is 13.7. The highest BCUT2D eigenvalue weighted by atomic mass is 32.2. The normalized spacial score (nSPS) is 31.4. The summed E-state index contributed by atoms with van der Waals surface area (Å²) in [5.41, 5.74) is -1.91. The summed E-state index contributed by atoms with van der Waals surface area (Å²) in [5.74, 6) is -0.491. The Bertz CT molecular complexity index is 1050. The van der Waals surface area contributed by atoms with Crippen LogP contribution in [-0.4, -0.2) is 49.4 Å². The second-order valence-electron chi connectivity index (χ2n) is 8.35. The van der Waals surface area contributed by atoms with Gasteiger partial charge in [0.15, 0.2) is 0 Å². The van der Waals surface area contributed by atoms with Crippen molar-refractivity contribution in [3.63, 3.8) is 0 Å². The van der Waals surface area contributed by atoms with Crippen molar-refractivity contribution >= 4 is 21.8 Å². The quantitative estimate of drug-likeness (QED) is 0.774. The molecule has 1 aromatic rings. The Morgan fingerprint density at radius 2 is 2.10 bits per heavy atom. The van der Waals surface area contributed by atoms with Crippen LogP contribution in [0.2, 0.25) is 0 Å². The molecule has 1 N–H and O–H groups in total. The molecular weight excluding hydrogens is 423 g/mol. The van der Waals surface area contributed by atoms with Gasteiger partial charge in [-0.15, -0.1) is 0 Å². The number of amides is 1. The summed E-state index contributed by atoms with van der Waals surface area (Å²) in [6.07, 6.45) is -3.88. The Labute approximate surface area is 171 Å². The predicted molar refractivity (Wildman–Crippen MR) is 100 cm³/mol. The van der Waals surface area contributed by atoms with Crippen molar-refractivity contribution in [2.24, 2.45) is 17.8 Å². The molecule has 4 rings (SSSR count). The van der Waals surface area contributed by atoms with Crippen molar-refractivity contribution < 1.29 is 31.5 Å². The largest absolute Gasteiger partial charge is 0.465 e. The maximum absolute atomic E-state index is 13.7. The first-order valence-corrected chi connectivity index (χ1v) is 10.9. The molecule has 2 saturated carbocycles. The lowest BCUT2D eigenvalue weighted by molar-refractivity contribution is -0.137. The molecule has 0 unspecified atom stereocenters. The first kappa shape index (κ1) is 20.8. The predicted octanol–water partition coefficient (Wildman–Crippen LogP) is 3.12. The van der Waals surface area contributed by atoms with Crippen molar-refractivity contribution in [3.05, 3.63) is 29.3 Å². The van der Waals surface area contributed by atoms with Gasteiger partial charge in [0, 0.05) is 26.1 Å². The molecule has 0 spiro atoms. The molecule has 7 nitrogen and oxygen atoms in total. The van der Waals surface area contributed by atoms with E-state index in [1.807, 2.05) is 0 Å². The van der Waals surface area contributed by atoms with E-state index in [-0.39, 0.29) is 36.5 Å². The van der Waals surface area contributed by atoms with Gasteiger partial charge in [-0.2, -0.15) is 18.4 Å². The third-order valence-corrected chi connectivity index (χ3v) is 9.69.